The first-order valence-electron chi connectivity index (χ1n) is 9.23. The fourth-order valence-electron chi connectivity index (χ4n) is 3.47. The van der Waals surface area contributed by atoms with Crippen LogP contribution in [0.4, 0.5) is 13.2 Å². The number of aryl methyl sites for hydroxylation is 1. The summed E-state index contributed by atoms with van der Waals surface area (Å²) in [6, 6.07) is 6.60. The Morgan fingerprint density at radius 2 is 1.93 bits per heavy atom. The molecule has 0 aliphatic carbocycles. The summed E-state index contributed by atoms with van der Waals surface area (Å²) in [6.45, 7) is 3.93. The van der Waals surface area contributed by atoms with Gasteiger partial charge in [0.1, 0.15) is 5.82 Å². The molecule has 1 aliphatic heterocycles. The third-order valence-corrected chi connectivity index (χ3v) is 5.17. The molecule has 4 rings (SSSR count). The summed E-state index contributed by atoms with van der Waals surface area (Å²) >= 11 is 0. The molecular weight excluding hydrogens is 381 g/mol. The van der Waals surface area contributed by atoms with Gasteiger partial charge in [0.25, 0.3) is 5.56 Å². The molecule has 150 valence electrons. The van der Waals surface area contributed by atoms with Gasteiger partial charge in [0, 0.05) is 44.0 Å². The highest BCUT2D eigenvalue weighted by atomic mass is 19.4. The summed E-state index contributed by atoms with van der Waals surface area (Å²) in [6.07, 6.45) is -0.208. The van der Waals surface area contributed by atoms with Crippen molar-refractivity contribution in [3.63, 3.8) is 0 Å². The molecule has 3 heterocycles. The molecule has 29 heavy (non-hydrogen) atoms. The molecule has 5 nitrogen and oxygen atoms in total. The normalized spacial score (nSPS) is 14.6. The molecule has 0 amide bonds. The maximum Gasteiger partial charge on any atom is 0.416 e. The summed E-state index contributed by atoms with van der Waals surface area (Å²) in [7, 11) is 0. The number of rotatable bonds is 3. The average molecular weight is 400 g/mol. The highest BCUT2D eigenvalue weighted by Crippen LogP contribution is 2.30. The zero-order valence-corrected chi connectivity index (χ0v) is 15.8. The third kappa shape index (κ3) is 4.07. The van der Waals surface area contributed by atoms with Gasteiger partial charge >= 0.3 is 6.18 Å². The maximum absolute atomic E-state index is 12.7. The second-order valence-electron chi connectivity index (χ2n) is 7.18. The van der Waals surface area contributed by atoms with Gasteiger partial charge in [-0.25, -0.2) is 4.98 Å². The highest BCUT2D eigenvalue weighted by molar-refractivity contribution is 5.56. The van der Waals surface area contributed by atoms with Crippen LogP contribution in [0.15, 0.2) is 47.5 Å². The van der Waals surface area contributed by atoms with Crippen LogP contribution in [-0.4, -0.2) is 26.4 Å². The molecule has 0 unspecified atom stereocenters. The Kier molecular flexibility index (Phi) is 4.96. The van der Waals surface area contributed by atoms with Crippen molar-refractivity contribution >= 4 is 0 Å². The van der Waals surface area contributed by atoms with Crippen molar-refractivity contribution < 1.29 is 13.2 Å². The quantitative estimate of drug-likeness (QED) is 0.728. The molecule has 0 spiro atoms. The molecule has 0 radical (unpaired) electrons. The van der Waals surface area contributed by atoms with E-state index in [-0.39, 0.29) is 5.56 Å². The Balaban J connectivity index is 1.57. The number of nitrogens with one attached hydrogen (secondary N) is 1. The molecule has 0 fully saturated rings. The van der Waals surface area contributed by atoms with Crippen molar-refractivity contribution in [3.05, 3.63) is 81.0 Å². The molecule has 0 bridgehead atoms. The van der Waals surface area contributed by atoms with Crippen LogP contribution in [0.3, 0.4) is 0 Å². The van der Waals surface area contributed by atoms with Crippen LogP contribution in [0.2, 0.25) is 0 Å². The van der Waals surface area contributed by atoms with Crippen LogP contribution < -0.4 is 5.56 Å². The number of benzene rings is 1. The Morgan fingerprint density at radius 1 is 1.17 bits per heavy atom. The largest absolute Gasteiger partial charge is 0.416 e. The summed E-state index contributed by atoms with van der Waals surface area (Å²) in [5.41, 5.74) is 3.03. The number of aromatic amines is 1. The van der Waals surface area contributed by atoms with Crippen LogP contribution >= 0.6 is 0 Å². The van der Waals surface area contributed by atoms with Gasteiger partial charge in [0.15, 0.2) is 0 Å². The SMILES string of the molecule is Cc1ccncc1CN1CCc2nc(-c3ccc(C(F)(F)F)cc3)[nH]c(=O)c2C1. The molecule has 0 saturated heterocycles. The van der Waals surface area contributed by atoms with Crippen molar-refractivity contribution in [3.8, 4) is 11.4 Å². The first-order valence-corrected chi connectivity index (χ1v) is 9.23. The predicted octanol–water partition coefficient (Wildman–Crippen LogP) is 3.72. The lowest BCUT2D eigenvalue weighted by molar-refractivity contribution is -0.137. The van der Waals surface area contributed by atoms with Gasteiger partial charge in [-0.1, -0.05) is 12.1 Å². The average Bonchev–Trinajstić information content (AvgIpc) is 2.69. The Bertz CT molecular complexity index is 1090. The van der Waals surface area contributed by atoms with Crippen LogP contribution in [-0.2, 0) is 25.7 Å². The van der Waals surface area contributed by atoms with Crippen molar-refractivity contribution in [2.24, 2.45) is 0 Å². The lowest BCUT2D eigenvalue weighted by Gasteiger charge is -2.28. The minimum atomic E-state index is -4.40. The van der Waals surface area contributed by atoms with Gasteiger partial charge in [-0.15, -0.1) is 0 Å². The Hall–Kier alpha value is -3.00. The molecular formula is C21H19F3N4O. The van der Waals surface area contributed by atoms with E-state index in [1.165, 1.54) is 12.1 Å². The van der Waals surface area contributed by atoms with E-state index >= 15 is 0 Å². The second-order valence-corrected chi connectivity index (χ2v) is 7.18. The zero-order valence-electron chi connectivity index (χ0n) is 15.8. The number of aromatic nitrogens is 3. The Labute approximate surface area is 165 Å². The van der Waals surface area contributed by atoms with E-state index in [9.17, 15) is 18.0 Å². The molecule has 1 aliphatic rings. The van der Waals surface area contributed by atoms with Crippen LogP contribution in [0, 0.1) is 6.92 Å². The highest BCUT2D eigenvalue weighted by Gasteiger charge is 2.30. The predicted molar refractivity (Wildman–Crippen MR) is 102 cm³/mol. The number of nitrogens with zero attached hydrogens (tertiary/aromatic N) is 3. The number of pyridine rings is 1. The lowest BCUT2D eigenvalue weighted by Crippen LogP contribution is -2.35. The summed E-state index contributed by atoms with van der Waals surface area (Å²) < 4.78 is 38.2. The smallest absolute Gasteiger partial charge is 0.306 e. The number of H-pyrrole nitrogens is 1. The van der Waals surface area contributed by atoms with E-state index < -0.39 is 11.7 Å². The number of alkyl halides is 3. The maximum atomic E-state index is 12.7. The molecule has 1 N–H and O–H groups in total. The topological polar surface area (TPSA) is 61.9 Å². The summed E-state index contributed by atoms with van der Waals surface area (Å²) in [5.74, 6) is 0.291. The standard InChI is InChI=1S/C21H19F3N4O/c1-13-6-8-25-10-15(13)11-28-9-7-18-17(12-28)20(29)27-19(26-18)14-2-4-16(5-3-14)21(22,23)24/h2-6,8,10H,7,9,11-12H2,1H3,(H,26,27,29). The minimum Gasteiger partial charge on any atom is -0.306 e. The van der Waals surface area contributed by atoms with Gasteiger partial charge in [0.05, 0.1) is 16.8 Å². The van der Waals surface area contributed by atoms with Crippen LogP contribution in [0.25, 0.3) is 11.4 Å². The van der Waals surface area contributed by atoms with Gasteiger partial charge in [-0.2, -0.15) is 13.2 Å². The van der Waals surface area contributed by atoms with E-state index in [0.717, 1.165) is 29.8 Å². The van der Waals surface area contributed by atoms with Gasteiger partial charge in [-0.3, -0.25) is 14.7 Å². The summed E-state index contributed by atoms with van der Waals surface area (Å²) in [5, 5.41) is 0. The molecule has 1 aromatic carbocycles. The van der Waals surface area contributed by atoms with Crippen LogP contribution in [0.5, 0.6) is 0 Å². The third-order valence-electron chi connectivity index (χ3n) is 5.17. The van der Waals surface area contributed by atoms with E-state index in [4.69, 9.17) is 0 Å². The summed E-state index contributed by atoms with van der Waals surface area (Å²) in [4.78, 5) is 26.2. The molecule has 0 saturated carbocycles. The first-order chi connectivity index (χ1) is 13.8. The van der Waals surface area contributed by atoms with Crippen molar-refractivity contribution in [2.75, 3.05) is 6.54 Å². The molecule has 0 atom stereocenters. The van der Waals surface area contributed by atoms with Gasteiger partial charge in [0.2, 0.25) is 0 Å². The minimum absolute atomic E-state index is 0.252. The lowest BCUT2D eigenvalue weighted by atomic mass is 10.0. The van der Waals surface area contributed by atoms with Crippen molar-refractivity contribution in [2.45, 2.75) is 32.6 Å². The van der Waals surface area contributed by atoms with E-state index in [1.54, 1.807) is 6.20 Å². The number of hydrogen-bond donors (Lipinski definition) is 1. The van der Waals surface area contributed by atoms with Gasteiger partial charge in [-0.05, 0) is 36.2 Å². The first kappa shape index (κ1) is 19.3. The number of hydrogen-bond acceptors (Lipinski definition) is 4. The second kappa shape index (κ2) is 7.44. The van der Waals surface area contributed by atoms with E-state index in [2.05, 4.69) is 19.9 Å². The van der Waals surface area contributed by atoms with Crippen LogP contribution in [0.1, 0.15) is 27.9 Å². The number of halogens is 3. The fourth-order valence-corrected chi connectivity index (χ4v) is 3.47. The van der Waals surface area contributed by atoms with Crippen molar-refractivity contribution in [1.29, 1.82) is 0 Å². The zero-order chi connectivity index (χ0) is 20.6. The van der Waals surface area contributed by atoms with Gasteiger partial charge < -0.3 is 4.98 Å². The molecule has 2 aromatic heterocycles. The van der Waals surface area contributed by atoms with Crippen molar-refractivity contribution in [1.82, 2.24) is 19.9 Å². The molecule has 3 aromatic rings. The molecule has 8 heteroatoms. The Morgan fingerprint density at radius 3 is 2.62 bits per heavy atom. The van der Waals surface area contributed by atoms with E-state index in [0.29, 0.717) is 42.2 Å². The number of fused-ring (bicyclic) bond motifs is 1. The fraction of sp³-hybridized carbons (Fsp3) is 0.286. The van der Waals surface area contributed by atoms with E-state index in [1.807, 2.05) is 19.2 Å². The monoisotopic (exact) mass is 400 g/mol.